The summed E-state index contributed by atoms with van der Waals surface area (Å²) >= 11 is 0. The van der Waals surface area contributed by atoms with Crippen LogP contribution in [0.2, 0.25) is 0 Å². The normalized spacial score (nSPS) is 15.2. The molecule has 1 N–H and O–H groups in total. The van der Waals surface area contributed by atoms with E-state index in [1.54, 1.807) is 18.2 Å². The smallest absolute Gasteiger partial charge is 0.366 e. The maximum Gasteiger partial charge on any atom is 0.416 e. The van der Waals surface area contributed by atoms with E-state index >= 15 is 0 Å². The number of para-hydroxylation sites is 2. The molecule has 1 amide bonds. The van der Waals surface area contributed by atoms with Gasteiger partial charge in [0, 0.05) is 31.6 Å². The third-order valence-corrected chi connectivity index (χ3v) is 5.03. The second-order valence-corrected chi connectivity index (χ2v) is 6.92. The lowest BCUT2D eigenvalue weighted by atomic mass is 9.95. The number of rotatable bonds is 5. The van der Waals surface area contributed by atoms with Crippen LogP contribution in [-0.4, -0.2) is 23.9 Å². The highest BCUT2D eigenvalue weighted by Crippen LogP contribution is 2.31. The number of alkyl halides is 3. The number of anilines is 1. The number of nitrogens with zero attached hydrogens (tertiary/aromatic N) is 2. The Bertz CT molecular complexity index is 877. The lowest BCUT2D eigenvalue weighted by Crippen LogP contribution is -2.40. The second-order valence-electron chi connectivity index (χ2n) is 6.92. The molecular weight excluding hydrogens is 387 g/mol. The largest absolute Gasteiger partial charge is 0.416 e. The van der Waals surface area contributed by atoms with Crippen molar-refractivity contribution in [3.63, 3.8) is 0 Å². The number of carbonyl (C=O) groups excluding carboxylic acids is 1. The number of nitro groups is 1. The lowest BCUT2D eigenvalue weighted by molar-refractivity contribution is -0.384. The third-order valence-electron chi connectivity index (χ3n) is 5.03. The highest BCUT2D eigenvalue weighted by atomic mass is 19.4. The first kappa shape index (κ1) is 20.6. The average molecular weight is 407 g/mol. The van der Waals surface area contributed by atoms with E-state index in [1.807, 2.05) is 4.90 Å². The van der Waals surface area contributed by atoms with Crippen molar-refractivity contribution in [3.8, 4) is 0 Å². The molecule has 0 aromatic heterocycles. The molecule has 0 aliphatic carbocycles. The number of carbonyl (C=O) groups is 1. The van der Waals surface area contributed by atoms with E-state index in [2.05, 4.69) is 5.32 Å². The van der Waals surface area contributed by atoms with E-state index < -0.39 is 16.7 Å². The molecule has 0 radical (unpaired) electrons. The first-order valence-corrected chi connectivity index (χ1v) is 9.18. The topological polar surface area (TPSA) is 75.5 Å². The summed E-state index contributed by atoms with van der Waals surface area (Å²) in [7, 11) is 0. The average Bonchev–Trinajstić information content (AvgIpc) is 2.71. The summed E-state index contributed by atoms with van der Waals surface area (Å²) in [6.45, 7) is 1.19. The highest BCUT2D eigenvalue weighted by molar-refractivity contribution is 5.79. The van der Waals surface area contributed by atoms with E-state index in [0.29, 0.717) is 37.2 Å². The molecule has 0 bridgehead atoms. The van der Waals surface area contributed by atoms with Crippen molar-refractivity contribution in [1.82, 2.24) is 5.32 Å². The van der Waals surface area contributed by atoms with Gasteiger partial charge in [-0.2, -0.15) is 13.2 Å². The van der Waals surface area contributed by atoms with Crippen LogP contribution < -0.4 is 10.2 Å². The third kappa shape index (κ3) is 5.04. The van der Waals surface area contributed by atoms with Gasteiger partial charge < -0.3 is 10.2 Å². The number of hydrogen-bond acceptors (Lipinski definition) is 4. The minimum Gasteiger partial charge on any atom is -0.366 e. The summed E-state index contributed by atoms with van der Waals surface area (Å²) in [5.41, 5.74) is 0.442. The van der Waals surface area contributed by atoms with Gasteiger partial charge >= 0.3 is 6.18 Å². The van der Waals surface area contributed by atoms with Crippen molar-refractivity contribution in [1.29, 1.82) is 0 Å². The molecule has 0 saturated carbocycles. The summed E-state index contributed by atoms with van der Waals surface area (Å²) < 4.78 is 37.8. The van der Waals surface area contributed by atoms with E-state index in [9.17, 15) is 28.1 Å². The van der Waals surface area contributed by atoms with Gasteiger partial charge in [-0.3, -0.25) is 14.9 Å². The van der Waals surface area contributed by atoms with Crippen molar-refractivity contribution < 1.29 is 22.9 Å². The molecule has 1 saturated heterocycles. The van der Waals surface area contributed by atoms with Crippen LogP contribution in [0, 0.1) is 16.0 Å². The SMILES string of the molecule is O=C(NCc1ccc(C(F)(F)F)cc1)C1CCN(c2ccccc2[N+](=O)[O-])CC1. The minimum atomic E-state index is -4.39. The van der Waals surface area contributed by atoms with Gasteiger partial charge in [0.05, 0.1) is 10.5 Å². The summed E-state index contributed by atoms with van der Waals surface area (Å²) in [6, 6.07) is 11.2. The molecule has 2 aromatic carbocycles. The number of nitro benzene ring substituents is 1. The molecule has 1 heterocycles. The van der Waals surface area contributed by atoms with Crippen LogP contribution in [0.15, 0.2) is 48.5 Å². The van der Waals surface area contributed by atoms with Gasteiger partial charge in [-0.25, -0.2) is 0 Å². The summed E-state index contributed by atoms with van der Waals surface area (Å²) in [6.07, 6.45) is -3.29. The quantitative estimate of drug-likeness (QED) is 0.597. The molecule has 1 aliphatic heterocycles. The zero-order valence-electron chi connectivity index (χ0n) is 15.5. The molecule has 6 nitrogen and oxygen atoms in total. The Kier molecular flexibility index (Phi) is 6.05. The molecule has 0 atom stereocenters. The van der Waals surface area contributed by atoms with Crippen molar-refractivity contribution in [2.75, 3.05) is 18.0 Å². The van der Waals surface area contributed by atoms with Crippen molar-refractivity contribution in [3.05, 3.63) is 69.8 Å². The molecule has 0 unspecified atom stereocenters. The summed E-state index contributed by atoms with van der Waals surface area (Å²) in [5, 5.41) is 13.9. The van der Waals surface area contributed by atoms with E-state index in [0.717, 1.165) is 12.1 Å². The number of piperidine rings is 1. The number of hydrogen-bond donors (Lipinski definition) is 1. The van der Waals surface area contributed by atoms with Gasteiger partial charge in [0.2, 0.25) is 5.91 Å². The fourth-order valence-electron chi connectivity index (χ4n) is 3.41. The fourth-order valence-corrected chi connectivity index (χ4v) is 3.41. The van der Waals surface area contributed by atoms with Gasteiger partial charge in [-0.15, -0.1) is 0 Å². The Morgan fingerprint density at radius 2 is 1.72 bits per heavy atom. The van der Waals surface area contributed by atoms with Gasteiger partial charge in [0.15, 0.2) is 0 Å². The first-order valence-electron chi connectivity index (χ1n) is 9.18. The van der Waals surface area contributed by atoms with E-state index in [-0.39, 0.29) is 24.1 Å². The van der Waals surface area contributed by atoms with Crippen LogP contribution in [0.25, 0.3) is 0 Å². The molecule has 3 rings (SSSR count). The molecule has 1 fully saturated rings. The molecule has 0 spiro atoms. The highest BCUT2D eigenvalue weighted by Gasteiger charge is 2.30. The Balaban J connectivity index is 1.52. The van der Waals surface area contributed by atoms with Crippen molar-refractivity contribution in [2.24, 2.45) is 5.92 Å². The monoisotopic (exact) mass is 407 g/mol. The Hall–Kier alpha value is -3.10. The number of amides is 1. The number of halogens is 3. The van der Waals surface area contributed by atoms with E-state index in [1.165, 1.54) is 18.2 Å². The molecule has 9 heteroatoms. The Labute approximate surface area is 165 Å². The van der Waals surface area contributed by atoms with Crippen LogP contribution in [-0.2, 0) is 17.5 Å². The predicted octanol–water partition coefficient (Wildman–Crippen LogP) is 4.15. The molecule has 2 aromatic rings. The maximum atomic E-state index is 12.6. The first-order chi connectivity index (χ1) is 13.8. The van der Waals surface area contributed by atoms with Gasteiger partial charge in [-0.1, -0.05) is 24.3 Å². The fraction of sp³-hybridized carbons (Fsp3) is 0.350. The number of nitrogens with one attached hydrogen (secondary N) is 1. The standard InChI is InChI=1S/C20H20F3N3O3/c21-20(22,23)16-7-5-14(6-8-16)13-24-19(27)15-9-11-25(12-10-15)17-3-1-2-4-18(17)26(28)29/h1-8,15H,9-13H2,(H,24,27). The number of benzene rings is 2. The zero-order valence-corrected chi connectivity index (χ0v) is 15.5. The Morgan fingerprint density at radius 1 is 1.10 bits per heavy atom. The van der Waals surface area contributed by atoms with Crippen molar-refractivity contribution >= 4 is 17.3 Å². The lowest BCUT2D eigenvalue weighted by Gasteiger charge is -2.32. The summed E-state index contributed by atoms with van der Waals surface area (Å²) in [5.74, 6) is -0.393. The predicted molar refractivity (Wildman–Crippen MR) is 101 cm³/mol. The molecule has 1 aliphatic rings. The van der Waals surface area contributed by atoms with Crippen LogP contribution in [0.1, 0.15) is 24.0 Å². The van der Waals surface area contributed by atoms with Crippen LogP contribution in [0.4, 0.5) is 24.5 Å². The van der Waals surface area contributed by atoms with Gasteiger partial charge in [-0.05, 0) is 36.6 Å². The van der Waals surface area contributed by atoms with Crippen LogP contribution >= 0.6 is 0 Å². The second kappa shape index (κ2) is 8.50. The zero-order chi connectivity index (χ0) is 21.0. The van der Waals surface area contributed by atoms with Crippen LogP contribution in [0.5, 0.6) is 0 Å². The molecular formula is C20H20F3N3O3. The molecule has 154 valence electrons. The maximum absolute atomic E-state index is 12.6. The van der Waals surface area contributed by atoms with E-state index in [4.69, 9.17) is 0 Å². The summed E-state index contributed by atoms with van der Waals surface area (Å²) in [4.78, 5) is 25.1. The van der Waals surface area contributed by atoms with Crippen LogP contribution in [0.3, 0.4) is 0 Å². The van der Waals surface area contributed by atoms with Crippen molar-refractivity contribution in [2.45, 2.75) is 25.6 Å². The van der Waals surface area contributed by atoms with Gasteiger partial charge in [0.25, 0.3) is 5.69 Å². The van der Waals surface area contributed by atoms with Gasteiger partial charge in [0.1, 0.15) is 5.69 Å². The molecule has 29 heavy (non-hydrogen) atoms. The Morgan fingerprint density at radius 3 is 2.31 bits per heavy atom. The minimum absolute atomic E-state index is 0.0395.